The Bertz CT molecular complexity index is 1120. The molecule has 1 saturated carbocycles. The Balaban J connectivity index is 1.37. The number of unbranched alkanes of at least 4 members (excludes halogenated alkanes) is 2. The summed E-state index contributed by atoms with van der Waals surface area (Å²) >= 11 is 0. The predicted molar refractivity (Wildman–Crippen MR) is 135 cm³/mol. The van der Waals surface area contributed by atoms with Gasteiger partial charge in [0.25, 0.3) is 0 Å². The van der Waals surface area contributed by atoms with Crippen LogP contribution in [0.15, 0.2) is 36.4 Å². The number of rotatable bonds is 8. The molecule has 2 aromatic rings. The first kappa shape index (κ1) is 29.6. The Morgan fingerprint density at radius 3 is 2.10 bits per heavy atom. The van der Waals surface area contributed by atoms with Gasteiger partial charge in [0.15, 0.2) is 6.29 Å². The van der Waals surface area contributed by atoms with Gasteiger partial charge in [0.1, 0.15) is 23.3 Å². The fourth-order valence-corrected chi connectivity index (χ4v) is 5.60. The fraction of sp³-hybridized carbons (Fsp3) is 0.533. The molecule has 1 heterocycles. The van der Waals surface area contributed by atoms with Crippen LogP contribution in [0.5, 0.6) is 0 Å². The van der Waals surface area contributed by atoms with E-state index in [2.05, 4.69) is 6.92 Å². The van der Waals surface area contributed by atoms with Gasteiger partial charge in [0, 0.05) is 17.4 Å². The second-order valence-electron chi connectivity index (χ2n) is 10.6. The van der Waals surface area contributed by atoms with Gasteiger partial charge in [-0.15, -0.1) is 0 Å². The molecule has 2 nitrogen and oxygen atoms in total. The van der Waals surface area contributed by atoms with E-state index in [1.165, 1.54) is 31.4 Å². The second kappa shape index (κ2) is 12.9. The third-order valence-corrected chi connectivity index (χ3v) is 7.71. The van der Waals surface area contributed by atoms with E-state index in [9.17, 15) is 26.3 Å². The summed E-state index contributed by atoms with van der Waals surface area (Å²) in [4.78, 5) is 0. The van der Waals surface area contributed by atoms with E-state index in [1.807, 2.05) is 0 Å². The molecule has 1 aliphatic carbocycles. The maximum Gasteiger partial charge on any atom is 0.412 e. The van der Waals surface area contributed by atoms with Gasteiger partial charge in [-0.05, 0) is 67.3 Å². The molecule has 2 aromatic carbocycles. The highest BCUT2D eigenvalue weighted by molar-refractivity contribution is 5.69. The van der Waals surface area contributed by atoms with Crippen LogP contribution in [0, 0.1) is 29.3 Å². The van der Waals surface area contributed by atoms with Gasteiger partial charge in [0.05, 0.1) is 24.9 Å². The Hall–Kier alpha value is -2.39. The number of ether oxygens (including phenoxy) is 2. The zero-order valence-corrected chi connectivity index (χ0v) is 21.8. The first-order chi connectivity index (χ1) is 18.6. The van der Waals surface area contributed by atoms with Crippen molar-refractivity contribution in [3.8, 4) is 11.1 Å². The molecule has 214 valence electrons. The molecular formula is C30H33F7O2. The molecule has 0 N–H and O–H groups in total. The third kappa shape index (κ3) is 7.63. The maximum absolute atomic E-state index is 15.0. The molecule has 0 spiro atoms. The highest BCUT2D eigenvalue weighted by Gasteiger charge is 2.33. The summed E-state index contributed by atoms with van der Waals surface area (Å²) in [7, 11) is 0. The predicted octanol–water partition coefficient (Wildman–Crippen LogP) is 9.49. The molecule has 0 atom stereocenters. The van der Waals surface area contributed by atoms with Crippen molar-refractivity contribution in [2.24, 2.45) is 11.8 Å². The molecule has 39 heavy (non-hydrogen) atoms. The zero-order chi connectivity index (χ0) is 28.2. The lowest BCUT2D eigenvalue weighted by molar-refractivity contribution is -0.229. The van der Waals surface area contributed by atoms with E-state index in [0.717, 1.165) is 37.7 Å². The Morgan fingerprint density at radius 2 is 1.54 bits per heavy atom. The standard InChI is InChI=1S/C30H33F7O2/c1-2-3-4-5-18-16-38-29(39-17-18)20-8-6-19(7-9-20)21-10-11-23(24(31)12-21)22-13-25(32)28(26(33)14-22)27(34)15-30(35,36)37/h10-15,18-20,29H,2-9,16-17H2,1H3. The highest BCUT2D eigenvalue weighted by Crippen LogP contribution is 2.40. The van der Waals surface area contributed by atoms with Crippen molar-refractivity contribution in [3.05, 3.63) is 65.0 Å². The minimum atomic E-state index is -5.09. The summed E-state index contributed by atoms with van der Waals surface area (Å²) in [5, 5.41) is 0. The molecule has 1 aliphatic heterocycles. The summed E-state index contributed by atoms with van der Waals surface area (Å²) in [5.41, 5.74) is -1.05. The SMILES string of the molecule is CCCCCC1COC(C2CCC(c3ccc(-c4cc(F)c(C(F)=CC(F)(F)F)c(F)c4)c(F)c3)CC2)OC1. The lowest BCUT2D eigenvalue weighted by Crippen LogP contribution is -2.38. The second-order valence-corrected chi connectivity index (χ2v) is 10.6. The molecule has 4 rings (SSSR count). The van der Waals surface area contributed by atoms with Crippen molar-refractivity contribution >= 4 is 5.83 Å². The number of allylic oxidation sites excluding steroid dienone is 1. The van der Waals surface area contributed by atoms with E-state index >= 15 is 4.39 Å². The molecule has 0 amide bonds. The number of alkyl halides is 3. The van der Waals surface area contributed by atoms with E-state index in [0.29, 0.717) is 31.3 Å². The van der Waals surface area contributed by atoms with Crippen LogP contribution in [-0.4, -0.2) is 25.7 Å². The van der Waals surface area contributed by atoms with Crippen LogP contribution in [0.4, 0.5) is 30.7 Å². The van der Waals surface area contributed by atoms with Gasteiger partial charge in [-0.3, -0.25) is 0 Å². The quantitative estimate of drug-likeness (QED) is 0.237. The minimum Gasteiger partial charge on any atom is -0.352 e. The average molecular weight is 559 g/mol. The number of halogens is 7. The first-order valence-corrected chi connectivity index (χ1v) is 13.5. The van der Waals surface area contributed by atoms with Gasteiger partial charge < -0.3 is 9.47 Å². The highest BCUT2D eigenvalue weighted by atomic mass is 19.4. The summed E-state index contributed by atoms with van der Waals surface area (Å²) < 4.78 is 107. The lowest BCUT2D eigenvalue weighted by atomic mass is 9.78. The van der Waals surface area contributed by atoms with Gasteiger partial charge >= 0.3 is 6.18 Å². The molecule has 0 unspecified atom stereocenters. The monoisotopic (exact) mass is 558 g/mol. The normalized spacial score (nSPS) is 24.7. The van der Waals surface area contributed by atoms with Gasteiger partial charge in [-0.25, -0.2) is 17.6 Å². The smallest absolute Gasteiger partial charge is 0.352 e. The summed E-state index contributed by atoms with van der Waals surface area (Å²) in [5.74, 6) is -5.09. The van der Waals surface area contributed by atoms with Crippen molar-refractivity contribution in [3.63, 3.8) is 0 Å². The van der Waals surface area contributed by atoms with Crippen LogP contribution in [0.2, 0.25) is 0 Å². The van der Waals surface area contributed by atoms with Crippen molar-refractivity contribution in [2.75, 3.05) is 13.2 Å². The van der Waals surface area contributed by atoms with Crippen molar-refractivity contribution < 1.29 is 40.2 Å². The molecule has 0 radical (unpaired) electrons. The zero-order valence-electron chi connectivity index (χ0n) is 21.8. The Labute approximate surface area is 224 Å². The summed E-state index contributed by atoms with van der Waals surface area (Å²) in [6, 6.07) is 5.65. The van der Waals surface area contributed by atoms with Gasteiger partial charge in [0.2, 0.25) is 0 Å². The largest absolute Gasteiger partial charge is 0.412 e. The van der Waals surface area contributed by atoms with Crippen LogP contribution in [0.25, 0.3) is 17.0 Å². The van der Waals surface area contributed by atoms with Crippen molar-refractivity contribution in [1.29, 1.82) is 0 Å². The van der Waals surface area contributed by atoms with E-state index in [1.54, 1.807) is 6.07 Å². The maximum atomic E-state index is 15.0. The van der Waals surface area contributed by atoms with Crippen LogP contribution in [0.1, 0.15) is 75.3 Å². The lowest BCUT2D eigenvalue weighted by Gasteiger charge is -2.37. The third-order valence-electron chi connectivity index (χ3n) is 7.71. The first-order valence-electron chi connectivity index (χ1n) is 13.5. The van der Waals surface area contributed by atoms with Crippen molar-refractivity contribution in [2.45, 2.75) is 76.7 Å². The van der Waals surface area contributed by atoms with Crippen LogP contribution >= 0.6 is 0 Å². The number of benzene rings is 2. The summed E-state index contributed by atoms with van der Waals surface area (Å²) in [6.45, 7) is 3.61. The molecular weight excluding hydrogens is 525 g/mol. The molecule has 2 fully saturated rings. The molecule has 0 bridgehead atoms. The Kier molecular flexibility index (Phi) is 9.75. The van der Waals surface area contributed by atoms with E-state index in [-0.39, 0.29) is 29.3 Å². The number of hydrogen-bond donors (Lipinski definition) is 0. The van der Waals surface area contributed by atoms with Crippen LogP contribution in [-0.2, 0) is 9.47 Å². The van der Waals surface area contributed by atoms with Crippen LogP contribution < -0.4 is 0 Å². The fourth-order valence-electron chi connectivity index (χ4n) is 5.60. The molecule has 0 aromatic heterocycles. The molecule has 9 heteroatoms. The average Bonchev–Trinajstić information content (AvgIpc) is 2.88. The minimum absolute atomic E-state index is 0.104. The van der Waals surface area contributed by atoms with E-state index in [4.69, 9.17) is 9.47 Å². The Morgan fingerprint density at radius 1 is 0.897 bits per heavy atom. The topological polar surface area (TPSA) is 18.5 Å². The number of hydrogen-bond acceptors (Lipinski definition) is 2. The van der Waals surface area contributed by atoms with Gasteiger partial charge in [-0.2, -0.15) is 13.2 Å². The molecule has 2 aliphatic rings. The summed E-state index contributed by atoms with van der Waals surface area (Å²) in [6.07, 6.45) is 1.95. The molecule has 1 saturated heterocycles. The van der Waals surface area contributed by atoms with Crippen LogP contribution in [0.3, 0.4) is 0 Å². The van der Waals surface area contributed by atoms with E-state index < -0.39 is 41.1 Å². The van der Waals surface area contributed by atoms with Crippen molar-refractivity contribution in [1.82, 2.24) is 0 Å². The van der Waals surface area contributed by atoms with Gasteiger partial charge in [-0.1, -0.05) is 38.3 Å².